The fourth-order valence-electron chi connectivity index (χ4n) is 17.4. The molecule has 0 radical (unpaired) electrons. The van der Waals surface area contributed by atoms with Crippen LogP contribution in [0.2, 0.25) is 0 Å². The highest BCUT2D eigenvalue weighted by Crippen LogP contribution is 2.44. The van der Waals surface area contributed by atoms with Gasteiger partial charge in [0.05, 0.1) is 22.1 Å². The van der Waals surface area contributed by atoms with Crippen molar-refractivity contribution in [3.63, 3.8) is 0 Å². The second-order valence-corrected chi connectivity index (χ2v) is 32.0. The highest BCUT2D eigenvalue weighted by Gasteiger charge is 2.21. The molecule has 2 aromatic heterocycles. The fourth-order valence-corrected chi connectivity index (χ4v) is 17.7. The Kier molecular flexibility index (Phi) is 23.0. The molecular weight excluding hydrogens is 1600 g/mol. The van der Waals surface area contributed by atoms with Gasteiger partial charge in [-0.3, -0.25) is 0 Å². The molecule has 0 unspecified atom stereocenters. The Morgan fingerprint density at radius 3 is 0.816 bits per heavy atom. The molecule has 20 aromatic carbocycles. The zero-order chi connectivity index (χ0) is 83.2. The largest absolute Gasteiger partial charge is 0.577 e. The molecule has 0 amide bonds. The fraction of sp³-hybridized carbons (Fsp3) is 0. The first-order valence-electron chi connectivity index (χ1n) is 41.9. The Bertz CT molecular complexity index is 7500. The summed E-state index contributed by atoms with van der Waals surface area (Å²) < 4.78 is 5.67. The van der Waals surface area contributed by atoms with E-state index >= 15 is 0 Å². The number of anilines is 6. The summed E-state index contributed by atoms with van der Waals surface area (Å²) in [6, 6.07) is 172. The Morgan fingerprint density at radius 1 is 0.200 bits per heavy atom. The molecule has 0 aliphatic rings. The van der Waals surface area contributed by atoms with Crippen molar-refractivity contribution in [1.29, 1.82) is 0 Å². The molecule has 0 fully saturated rings. The van der Waals surface area contributed by atoms with E-state index in [1.54, 1.807) is 6.07 Å². The summed E-state index contributed by atoms with van der Waals surface area (Å²) in [5.74, 6) is 0. The molecule has 0 atom stereocenters. The smallest absolute Gasteiger partial charge is 0.488 e. The molecule has 0 saturated heterocycles. The second kappa shape index (κ2) is 36.0. The molecule has 22 rings (SSSR count). The molecule has 596 valence electrons. The topological polar surface area (TPSA) is 56.8 Å². The third-order valence-corrected chi connectivity index (χ3v) is 24.1. The van der Waals surface area contributed by atoms with Crippen LogP contribution in [0, 0.1) is 0 Å². The van der Waals surface area contributed by atoms with Crippen molar-refractivity contribution in [3.05, 3.63) is 490 Å². The maximum Gasteiger partial charge on any atom is 0.488 e. The molecule has 0 aliphatic carbocycles. The SMILES string of the molecule is Brc1ccc(N(c2ccc(-c3ccccc3)cc2)c2ccc(-c3cccc4ccccc34)cc2)cc1.OB(O)c1ccc2c(c1)c1ccccc1n2-c1ccc(-c2ccccc2)cc1.[PH2-].c1ccc(-c2ccc(N(c3ccc(-c4ccc5c(c4)c4ccccc4n5-c4ccc(-c5ccccc5)cc4)cc3)c3ccc(-c4cccc5ccccc45)cc3)cc2)cc1. The van der Waals surface area contributed by atoms with E-state index < -0.39 is 7.12 Å². The first-order valence-corrected chi connectivity index (χ1v) is 42.7. The average Bonchev–Trinajstić information content (AvgIpc) is 1.59. The third-order valence-electron chi connectivity index (χ3n) is 23.6. The first kappa shape index (κ1) is 79.8. The third kappa shape index (κ3) is 16.5. The van der Waals surface area contributed by atoms with Crippen molar-refractivity contribution in [2.24, 2.45) is 0 Å². The monoisotopic (exact) mass is 1690 g/mol. The highest BCUT2D eigenvalue weighted by atomic mass is 79.9. The second-order valence-electron chi connectivity index (χ2n) is 31.1. The van der Waals surface area contributed by atoms with Gasteiger partial charge in [-0.15, -0.1) is 0 Å². The number of aromatic nitrogens is 2. The maximum absolute atomic E-state index is 9.57. The van der Waals surface area contributed by atoms with E-state index in [2.05, 4.69) is 472 Å². The van der Waals surface area contributed by atoms with Crippen molar-refractivity contribution in [2.75, 3.05) is 9.80 Å². The number of para-hydroxylation sites is 2. The lowest BCUT2D eigenvalue weighted by molar-refractivity contribution is 0.426. The molecule has 0 spiro atoms. The standard InChI is InChI=1S/C58H40N2.C34H24BrN.C24H18BNO2.H2P/c1-3-12-41(13-4-1)43-22-31-49(32-23-43)59(51-37-28-47(29-38-51)54-20-11-17-46-16-7-8-18-53(46)54)50-33-26-45(27-34-50)48-30-39-58-56(40-48)55-19-9-10-21-57(55)60(58)52-35-24-44(25-36-52)42-14-5-2-6-15-42;35-29-17-23-32(24-18-29)36(30-19-13-26(14-20-30)25-7-2-1-3-8-25)31-21-15-28(16-22-31)34-12-6-10-27-9-4-5-11-33(27)34;27-25(28)19-12-15-24-22(16-19)21-8-4-5-9-23(21)26(24)20-13-10-18(11-14-20)17-6-2-1-3-7-17;/h1-40H;1-24H;1-16,27-28H;1H2/q;;;-1. The van der Waals surface area contributed by atoms with Gasteiger partial charge in [-0.25, -0.2) is 0 Å². The van der Waals surface area contributed by atoms with E-state index in [0.717, 1.165) is 71.8 Å². The number of fused-ring (bicyclic) bond motifs is 8. The van der Waals surface area contributed by atoms with Crippen molar-refractivity contribution in [1.82, 2.24) is 9.13 Å². The number of halogens is 1. The predicted octanol–water partition coefficient (Wildman–Crippen LogP) is 30.9. The molecule has 9 heteroatoms. The number of nitrogens with zero attached hydrogens (tertiary/aromatic N) is 4. The van der Waals surface area contributed by atoms with Gasteiger partial charge in [0.2, 0.25) is 0 Å². The average molecular weight is 1690 g/mol. The Balaban J connectivity index is 0.000000134. The number of hydrogen-bond acceptors (Lipinski definition) is 4. The van der Waals surface area contributed by atoms with Gasteiger partial charge in [0.25, 0.3) is 0 Å². The normalized spacial score (nSPS) is 11.1. The lowest BCUT2D eigenvalue weighted by Gasteiger charge is -2.26. The van der Waals surface area contributed by atoms with Crippen LogP contribution in [0.25, 0.3) is 154 Å². The molecule has 0 saturated carbocycles. The Labute approximate surface area is 740 Å². The van der Waals surface area contributed by atoms with Crippen molar-refractivity contribution in [2.45, 2.75) is 0 Å². The molecule has 0 bridgehead atoms. The molecule has 2 heterocycles. The predicted molar refractivity (Wildman–Crippen MR) is 538 cm³/mol. The maximum atomic E-state index is 9.57. The van der Waals surface area contributed by atoms with Crippen LogP contribution in [-0.4, -0.2) is 26.3 Å². The minimum absolute atomic E-state index is 0. The minimum atomic E-state index is -1.48. The van der Waals surface area contributed by atoms with Gasteiger partial charge in [-0.2, -0.15) is 0 Å². The van der Waals surface area contributed by atoms with Gasteiger partial charge in [0.15, 0.2) is 0 Å². The van der Waals surface area contributed by atoms with E-state index in [9.17, 15) is 10.0 Å². The van der Waals surface area contributed by atoms with E-state index in [0.29, 0.717) is 5.46 Å². The molecule has 2 N–H and O–H groups in total. The van der Waals surface area contributed by atoms with Gasteiger partial charge in [-0.1, -0.05) is 362 Å². The summed E-state index contributed by atoms with van der Waals surface area (Å²) in [4.78, 5) is 4.65. The quantitative estimate of drug-likeness (QED) is 0.0748. The molecule has 0 aliphatic heterocycles. The van der Waals surface area contributed by atoms with Crippen LogP contribution in [0.5, 0.6) is 0 Å². The van der Waals surface area contributed by atoms with E-state index in [4.69, 9.17) is 0 Å². The summed E-state index contributed by atoms with van der Waals surface area (Å²) in [7, 11) is -1.48. The van der Waals surface area contributed by atoms with Crippen LogP contribution in [-0.2, 0) is 0 Å². The van der Waals surface area contributed by atoms with E-state index in [1.165, 1.54) is 121 Å². The molecule has 125 heavy (non-hydrogen) atoms. The lowest BCUT2D eigenvalue weighted by atomic mass is 9.80. The Morgan fingerprint density at radius 2 is 0.456 bits per heavy atom. The number of benzene rings is 20. The van der Waals surface area contributed by atoms with Crippen molar-refractivity contribution < 1.29 is 10.0 Å². The van der Waals surface area contributed by atoms with Crippen LogP contribution in [0.3, 0.4) is 0 Å². The molecule has 6 nitrogen and oxygen atoms in total. The number of hydrogen-bond donors (Lipinski definition) is 2. The van der Waals surface area contributed by atoms with Crippen LogP contribution in [0.15, 0.2) is 490 Å². The van der Waals surface area contributed by atoms with Crippen LogP contribution < -0.4 is 15.3 Å². The summed E-state index contributed by atoms with van der Waals surface area (Å²) in [5.41, 5.74) is 30.8. The van der Waals surface area contributed by atoms with E-state index in [-0.39, 0.29) is 9.90 Å². The summed E-state index contributed by atoms with van der Waals surface area (Å²) >= 11 is 3.58. The molecular formula is C116H84BBrN4O2P-. The minimum Gasteiger partial charge on any atom is -0.577 e. The van der Waals surface area contributed by atoms with Crippen LogP contribution in [0.4, 0.5) is 34.1 Å². The van der Waals surface area contributed by atoms with Gasteiger partial charge in [-0.05, 0) is 244 Å². The highest BCUT2D eigenvalue weighted by molar-refractivity contribution is 9.10. The van der Waals surface area contributed by atoms with Gasteiger partial charge in [0, 0.05) is 71.5 Å². The van der Waals surface area contributed by atoms with Crippen molar-refractivity contribution in [3.8, 4) is 89.3 Å². The van der Waals surface area contributed by atoms with Crippen molar-refractivity contribution >= 4 is 138 Å². The summed E-state index contributed by atoms with van der Waals surface area (Å²) in [6.07, 6.45) is 0. The van der Waals surface area contributed by atoms with E-state index in [1.807, 2.05) is 42.5 Å². The van der Waals surface area contributed by atoms with Gasteiger partial charge >= 0.3 is 7.12 Å². The zero-order valence-corrected chi connectivity index (χ0v) is 71.1. The van der Waals surface area contributed by atoms with Crippen LogP contribution >= 0.6 is 25.8 Å². The molecule has 22 aromatic rings. The van der Waals surface area contributed by atoms with Crippen LogP contribution in [0.1, 0.15) is 0 Å². The first-order chi connectivity index (χ1) is 61.2. The lowest BCUT2D eigenvalue weighted by Crippen LogP contribution is -2.29. The summed E-state index contributed by atoms with van der Waals surface area (Å²) in [5, 5.41) is 28.8. The summed E-state index contributed by atoms with van der Waals surface area (Å²) in [6.45, 7) is 0. The Hall–Kier alpha value is -15.0. The zero-order valence-electron chi connectivity index (χ0n) is 68.4. The number of rotatable bonds is 16. The van der Waals surface area contributed by atoms with Gasteiger partial charge in [0.1, 0.15) is 0 Å². The van der Waals surface area contributed by atoms with Gasteiger partial charge < -0.3 is 38.9 Å².